The minimum atomic E-state index is -0.544. The van der Waals surface area contributed by atoms with Gasteiger partial charge in [0, 0.05) is 24.1 Å². The highest BCUT2D eigenvalue weighted by Crippen LogP contribution is 2.31. The van der Waals surface area contributed by atoms with Crippen molar-refractivity contribution in [2.45, 2.75) is 18.9 Å². The molecule has 1 aliphatic rings. The van der Waals surface area contributed by atoms with Gasteiger partial charge in [0.1, 0.15) is 11.6 Å². The fourth-order valence-electron chi connectivity index (χ4n) is 2.30. The summed E-state index contributed by atoms with van der Waals surface area (Å²) < 4.78 is 27.2. The molecule has 1 fully saturated rings. The van der Waals surface area contributed by atoms with Crippen molar-refractivity contribution in [3.8, 4) is 0 Å². The van der Waals surface area contributed by atoms with Gasteiger partial charge in [0.05, 0.1) is 0 Å². The number of hydrogen-bond acceptors (Lipinski definition) is 2. The average molecular weight is 227 g/mol. The van der Waals surface area contributed by atoms with Gasteiger partial charge in [-0.05, 0) is 31.5 Å². The van der Waals surface area contributed by atoms with Crippen LogP contribution in [0.1, 0.15) is 24.4 Å². The molecule has 2 nitrogen and oxygen atoms in total. The Morgan fingerprint density at radius 2 is 2.00 bits per heavy atom. The number of aliphatic hydroxyl groups is 1. The fourth-order valence-corrected chi connectivity index (χ4v) is 2.30. The summed E-state index contributed by atoms with van der Waals surface area (Å²) in [5.74, 6) is -1.20. The van der Waals surface area contributed by atoms with E-state index in [4.69, 9.17) is 0 Å². The summed E-state index contributed by atoms with van der Waals surface area (Å²) in [4.78, 5) is 0. The van der Waals surface area contributed by atoms with Gasteiger partial charge in [-0.15, -0.1) is 0 Å². The van der Waals surface area contributed by atoms with Crippen LogP contribution in [0.15, 0.2) is 18.2 Å². The Morgan fingerprint density at radius 1 is 1.31 bits per heavy atom. The third kappa shape index (κ3) is 2.08. The smallest absolute Gasteiger partial charge is 0.130 e. The monoisotopic (exact) mass is 227 g/mol. The summed E-state index contributed by atoms with van der Waals surface area (Å²) in [7, 11) is 0. The maximum Gasteiger partial charge on any atom is 0.130 e. The molecule has 2 N–H and O–H groups in total. The predicted octanol–water partition coefficient (Wildman–Crippen LogP) is 2.00. The van der Waals surface area contributed by atoms with Gasteiger partial charge in [-0.2, -0.15) is 0 Å². The largest absolute Gasteiger partial charge is 0.396 e. The zero-order valence-corrected chi connectivity index (χ0v) is 8.92. The van der Waals surface area contributed by atoms with Crippen LogP contribution in [-0.2, 0) is 0 Å². The molecule has 4 heteroatoms. The van der Waals surface area contributed by atoms with E-state index in [2.05, 4.69) is 5.32 Å². The van der Waals surface area contributed by atoms with Crippen molar-refractivity contribution in [1.29, 1.82) is 0 Å². The van der Waals surface area contributed by atoms with Crippen molar-refractivity contribution in [2.75, 3.05) is 13.2 Å². The van der Waals surface area contributed by atoms with E-state index in [1.165, 1.54) is 18.2 Å². The maximum atomic E-state index is 13.6. The van der Waals surface area contributed by atoms with E-state index in [1.807, 2.05) is 0 Å². The highest BCUT2D eigenvalue weighted by Gasteiger charge is 2.29. The van der Waals surface area contributed by atoms with E-state index < -0.39 is 17.7 Å². The molecule has 0 aromatic heterocycles. The van der Waals surface area contributed by atoms with Crippen LogP contribution in [0.4, 0.5) is 8.78 Å². The molecule has 1 aromatic carbocycles. The summed E-state index contributed by atoms with van der Waals surface area (Å²) in [6.45, 7) is 0.681. The molecule has 1 heterocycles. The molecule has 0 amide bonds. The van der Waals surface area contributed by atoms with Gasteiger partial charge in [0.2, 0.25) is 0 Å². The van der Waals surface area contributed by atoms with Crippen molar-refractivity contribution >= 4 is 0 Å². The molecule has 2 rings (SSSR count). The number of piperidine rings is 1. The molecule has 16 heavy (non-hydrogen) atoms. The maximum absolute atomic E-state index is 13.6. The van der Waals surface area contributed by atoms with Crippen LogP contribution < -0.4 is 5.32 Å². The van der Waals surface area contributed by atoms with Gasteiger partial charge in [0.25, 0.3) is 0 Å². The van der Waals surface area contributed by atoms with Gasteiger partial charge >= 0.3 is 0 Å². The van der Waals surface area contributed by atoms with Crippen LogP contribution in [0.3, 0.4) is 0 Å². The molecule has 1 aromatic rings. The molecule has 0 spiro atoms. The third-order valence-electron chi connectivity index (χ3n) is 3.13. The van der Waals surface area contributed by atoms with E-state index in [0.29, 0.717) is 0 Å². The first kappa shape index (κ1) is 11.5. The summed E-state index contributed by atoms with van der Waals surface area (Å²) >= 11 is 0. The Kier molecular flexibility index (Phi) is 3.51. The third-order valence-corrected chi connectivity index (χ3v) is 3.13. The Labute approximate surface area is 93.3 Å². The lowest BCUT2D eigenvalue weighted by Crippen LogP contribution is -2.37. The SMILES string of the molecule is OCC1CCCNC1c1c(F)cccc1F. The highest BCUT2D eigenvalue weighted by atomic mass is 19.1. The number of hydrogen-bond donors (Lipinski definition) is 2. The standard InChI is InChI=1S/C12H15F2NO/c13-9-4-1-5-10(14)11(9)12-8(7-16)3-2-6-15-12/h1,4-5,8,12,15-16H,2-3,6-7H2. The molecule has 1 saturated heterocycles. The highest BCUT2D eigenvalue weighted by molar-refractivity contribution is 5.24. The number of halogens is 2. The molecule has 88 valence electrons. The van der Waals surface area contributed by atoms with E-state index in [1.54, 1.807) is 0 Å². The Hall–Kier alpha value is -1.00. The topological polar surface area (TPSA) is 32.3 Å². The Bertz CT molecular complexity index is 350. The van der Waals surface area contributed by atoms with Gasteiger partial charge in [-0.25, -0.2) is 8.78 Å². The number of nitrogens with one attached hydrogen (secondary N) is 1. The van der Waals surface area contributed by atoms with Crippen molar-refractivity contribution in [3.05, 3.63) is 35.4 Å². The minimum absolute atomic E-state index is 0.0502. The van der Waals surface area contributed by atoms with E-state index in [-0.39, 0.29) is 18.1 Å². The molecule has 0 bridgehead atoms. The van der Waals surface area contributed by atoms with Crippen LogP contribution in [0.25, 0.3) is 0 Å². The molecular formula is C12H15F2NO. The van der Waals surface area contributed by atoms with Gasteiger partial charge in [-0.1, -0.05) is 6.07 Å². The summed E-state index contributed by atoms with van der Waals surface area (Å²) in [6, 6.07) is 3.44. The van der Waals surface area contributed by atoms with E-state index in [0.717, 1.165) is 19.4 Å². The first-order chi connectivity index (χ1) is 7.74. The molecule has 0 saturated carbocycles. The van der Waals surface area contributed by atoms with Crippen LogP contribution in [0, 0.1) is 17.6 Å². The van der Waals surface area contributed by atoms with Gasteiger partial charge in [0.15, 0.2) is 0 Å². The average Bonchev–Trinajstić information content (AvgIpc) is 2.29. The zero-order chi connectivity index (χ0) is 11.5. The molecule has 2 unspecified atom stereocenters. The number of benzene rings is 1. The second kappa shape index (κ2) is 4.89. The number of rotatable bonds is 2. The first-order valence-corrected chi connectivity index (χ1v) is 5.52. The van der Waals surface area contributed by atoms with Gasteiger partial charge in [-0.3, -0.25) is 0 Å². The Balaban J connectivity index is 2.34. The second-order valence-electron chi connectivity index (χ2n) is 4.15. The van der Waals surface area contributed by atoms with Crippen molar-refractivity contribution in [1.82, 2.24) is 5.32 Å². The minimum Gasteiger partial charge on any atom is -0.396 e. The Morgan fingerprint density at radius 3 is 2.62 bits per heavy atom. The van der Waals surface area contributed by atoms with E-state index >= 15 is 0 Å². The van der Waals surface area contributed by atoms with Crippen LogP contribution >= 0.6 is 0 Å². The van der Waals surface area contributed by atoms with Crippen molar-refractivity contribution in [3.63, 3.8) is 0 Å². The van der Waals surface area contributed by atoms with Crippen LogP contribution in [0.5, 0.6) is 0 Å². The van der Waals surface area contributed by atoms with E-state index in [9.17, 15) is 13.9 Å². The van der Waals surface area contributed by atoms with Crippen LogP contribution in [0.2, 0.25) is 0 Å². The first-order valence-electron chi connectivity index (χ1n) is 5.52. The zero-order valence-electron chi connectivity index (χ0n) is 8.92. The molecule has 0 aliphatic carbocycles. The molecule has 0 radical (unpaired) electrons. The van der Waals surface area contributed by atoms with Gasteiger partial charge < -0.3 is 10.4 Å². The van der Waals surface area contributed by atoms with Crippen molar-refractivity contribution in [2.24, 2.45) is 5.92 Å². The molecule has 1 aliphatic heterocycles. The summed E-state index contributed by atoms with van der Waals surface area (Å²) in [5, 5.41) is 12.3. The lowest BCUT2D eigenvalue weighted by atomic mass is 9.86. The lowest BCUT2D eigenvalue weighted by Gasteiger charge is -2.32. The quantitative estimate of drug-likeness (QED) is 0.810. The lowest BCUT2D eigenvalue weighted by molar-refractivity contribution is 0.156. The van der Waals surface area contributed by atoms with Crippen LogP contribution in [-0.4, -0.2) is 18.3 Å². The molecular weight excluding hydrogens is 212 g/mol. The predicted molar refractivity (Wildman–Crippen MR) is 56.9 cm³/mol. The normalized spacial score (nSPS) is 25.7. The van der Waals surface area contributed by atoms with Crippen molar-refractivity contribution < 1.29 is 13.9 Å². The molecule has 2 atom stereocenters. The fraction of sp³-hybridized carbons (Fsp3) is 0.500. The second-order valence-corrected chi connectivity index (χ2v) is 4.15. The summed E-state index contributed by atoms with van der Waals surface area (Å²) in [5.41, 5.74) is 0.0567. The summed E-state index contributed by atoms with van der Waals surface area (Å²) in [6.07, 6.45) is 1.72. The number of aliphatic hydroxyl groups excluding tert-OH is 1.